The Balaban J connectivity index is 2.18. The van der Waals surface area contributed by atoms with E-state index < -0.39 is 43.1 Å². The van der Waals surface area contributed by atoms with E-state index >= 15 is 0 Å². The van der Waals surface area contributed by atoms with Crippen LogP contribution in [0.25, 0.3) is 0 Å². The molecule has 1 aliphatic heterocycles. The molecule has 0 aliphatic carbocycles. The molecule has 5 atom stereocenters. The summed E-state index contributed by atoms with van der Waals surface area (Å²) in [5.41, 5.74) is 0.943. The third-order valence-electron chi connectivity index (χ3n) is 3.67. The molecule has 25 heavy (non-hydrogen) atoms. The van der Waals surface area contributed by atoms with Crippen molar-refractivity contribution >= 4 is 18.1 Å². The van der Waals surface area contributed by atoms with E-state index in [1.807, 2.05) is 0 Å². The second kappa shape index (κ2) is 8.12. The smallest absolute Gasteiger partial charge is 0.335 e. The molecule has 1 saturated heterocycles. The Labute approximate surface area is 144 Å². The molecule has 1 aromatic rings. The Hall–Kier alpha value is -2.40. The highest BCUT2D eigenvalue weighted by atomic mass is 16.7. The number of ether oxygens (including phenoxy) is 3. The minimum absolute atomic E-state index is 0.133. The normalized spacial score (nSPS) is 29.4. The Morgan fingerprint density at radius 1 is 1.36 bits per heavy atom. The van der Waals surface area contributed by atoms with Gasteiger partial charge in [-0.15, -0.1) is 0 Å². The fourth-order valence-electron chi connectivity index (χ4n) is 2.35. The summed E-state index contributed by atoms with van der Waals surface area (Å²) in [6.45, 7) is -0.133. The van der Waals surface area contributed by atoms with Crippen LogP contribution in [-0.4, -0.2) is 70.6 Å². The quantitative estimate of drug-likeness (QED) is 0.386. The highest BCUT2D eigenvalue weighted by molar-refractivity contribution is 5.73. The van der Waals surface area contributed by atoms with Crippen molar-refractivity contribution in [2.45, 2.75) is 37.3 Å². The third kappa shape index (κ3) is 4.17. The van der Waals surface area contributed by atoms with E-state index in [1.54, 1.807) is 13.1 Å². The van der Waals surface area contributed by atoms with Gasteiger partial charge in [0, 0.05) is 7.05 Å². The predicted octanol–water partition coefficient (Wildman–Crippen LogP) is -1.33. The fraction of sp³-hybridized carbons (Fsp3) is 0.467. The maximum atomic E-state index is 11.1. The van der Waals surface area contributed by atoms with E-state index in [9.17, 15) is 24.9 Å². The Kier molecular flexibility index (Phi) is 5.66. The lowest BCUT2D eigenvalue weighted by Crippen LogP contribution is -2.61. The van der Waals surface area contributed by atoms with Gasteiger partial charge in [-0.05, 0) is 17.7 Å². The molecule has 0 unspecified atom stereocenters. The fourth-order valence-corrected chi connectivity index (χ4v) is 2.35. The number of carbonyl (C=O) groups excluding carboxylic acids is 1. The first kappa shape index (κ1) is 17.4. The average molecular weight is 358 g/mol. The zero-order chi connectivity index (χ0) is 19.4. The summed E-state index contributed by atoms with van der Waals surface area (Å²) in [7, 11) is 1.57. The first-order chi connectivity index (χ1) is 12.2. The van der Waals surface area contributed by atoms with E-state index in [-0.39, 0.29) is 12.4 Å². The number of carboxylic acid groups (broad SMARTS) is 1. The molecule has 0 aromatic heterocycles. The molecule has 10 heteroatoms. The second-order valence-corrected chi connectivity index (χ2v) is 5.31. The summed E-state index contributed by atoms with van der Waals surface area (Å²) in [4.78, 5) is 21.7. The molecule has 1 fully saturated rings. The van der Waals surface area contributed by atoms with Gasteiger partial charge in [-0.2, -0.15) is 0 Å². The van der Waals surface area contributed by atoms with E-state index in [0.717, 1.165) is 0 Å². The van der Waals surface area contributed by atoms with Crippen LogP contribution in [0.1, 0.15) is 6.93 Å². The number of carbonyl (C=O) groups is 2. The molecule has 0 saturated carbocycles. The van der Waals surface area contributed by atoms with Crippen molar-refractivity contribution in [3.8, 4) is 5.75 Å². The van der Waals surface area contributed by atoms with Gasteiger partial charge in [-0.3, -0.25) is 4.79 Å². The zero-order valence-corrected chi connectivity index (χ0v) is 13.2. The maximum absolute atomic E-state index is 11.1. The molecule has 1 heterocycles. The number of hydrogen-bond donors (Lipinski definition) is 5. The van der Waals surface area contributed by atoms with Gasteiger partial charge in [0.15, 0.2) is 7.47 Å². The number of aliphatic hydroxyl groups is 3. The van der Waals surface area contributed by atoms with Crippen molar-refractivity contribution in [1.82, 2.24) is 0 Å². The number of carboxylic acids is 1. The topological polar surface area (TPSA) is 155 Å². The number of nitrogens with one attached hydrogen (secondary N) is 1. The minimum atomic E-state index is -1.81. The Morgan fingerprint density at radius 3 is 2.68 bits per heavy atom. The summed E-state index contributed by atoms with van der Waals surface area (Å²) in [6, 6.07) is 4.52. The van der Waals surface area contributed by atoms with Crippen LogP contribution in [0.3, 0.4) is 0 Å². The van der Waals surface area contributed by atoms with Crippen LogP contribution < -0.4 is 10.1 Å². The lowest BCUT2D eigenvalue weighted by Gasteiger charge is -2.38. The van der Waals surface area contributed by atoms with E-state index in [2.05, 4.69) is 10.1 Å². The molecule has 5 N–H and O–H groups in total. The number of aliphatic hydroxyl groups excluding tert-OH is 3. The van der Waals surface area contributed by atoms with Gasteiger partial charge in [-0.25, -0.2) is 4.79 Å². The van der Waals surface area contributed by atoms with Gasteiger partial charge in [0.1, 0.15) is 30.7 Å². The zero-order valence-electron chi connectivity index (χ0n) is 14.2. The van der Waals surface area contributed by atoms with Gasteiger partial charge in [0.25, 0.3) is 6.45 Å². The standard InChI is InChI=1S/C15H19NO9/c1-16-8-4-7(5-23-6-17)2-3-9(8)24-15-12(20)10(18)11(19)13(25-15)14(21)22/h2-4,6,10-13,15-16,18-20H,5H2,1H3,(H,21,22)/t10-,11-,12+,13-,15+/m0/s1/i6D. The van der Waals surface area contributed by atoms with Crippen molar-refractivity contribution in [3.05, 3.63) is 23.8 Å². The molecular formula is C15H19NO9. The lowest BCUT2D eigenvalue weighted by atomic mass is 9.99. The van der Waals surface area contributed by atoms with E-state index in [0.29, 0.717) is 11.3 Å². The van der Waals surface area contributed by atoms with Crippen LogP contribution in [0.5, 0.6) is 5.75 Å². The van der Waals surface area contributed by atoms with Crippen molar-refractivity contribution in [2.75, 3.05) is 12.4 Å². The summed E-state index contributed by atoms with van der Waals surface area (Å²) in [6.07, 6.45) is -9.76. The monoisotopic (exact) mass is 358 g/mol. The van der Waals surface area contributed by atoms with Gasteiger partial charge in [0.05, 0.1) is 5.69 Å². The number of hydrogen-bond acceptors (Lipinski definition) is 9. The molecule has 0 spiro atoms. The molecule has 2 rings (SSSR count). The molecular weight excluding hydrogens is 338 g/mol. The third-order valence-corrected chi connectivity index (χ3v) is 3.67. The van der Waals surface area contributed by atoms with Crippen LogP contribution >= 0.6 is 0 Å². The summed E-state index contributed by atoms with van der Waals surface area (Å²) < 4.78 is 21.8. The number of rotatable bonds is 6. The van der Waals surface area contributed by atoms with Crippen LogP contribution in [0.2, 0.25) is 0 Å². The SMILES string of the molecule is [2H]C(=O)OCc1ccc(O[C@@H]2O[C@H](C(=O)O)[C@@H](O)[C@H](O)[C@H]2O)c(NC)c1. The summed E-state index contributed by atoms with van der Waals surface area (Å²) >= 11 is 0. The molecule has 1 aliphatic rings. The van der Waals surface area contributed by atoms with Gasteiger partial charge >= 0.3 is 5.97 Å². The van der Waals surface area contributed by atoms with Crippen LogP contribution in [0.15, 0.2) is 18.2 Å². The number of anilines is 1. The molecule has 10 nitrogen and oxygen atoms in total. The van der Waals surface area contributed by atoms with Crippen LogP contribution in [0, 0.1) is 0 Å². The van der Waals surface area contributed by atoms with E-state index in [4.69, 9.17) is 16.0 Å². The molecule has 0 bridgehead atoms. The van der Waals surface area contributed by atoms with E-state index in [1.165, 1.54) is 12.1 Å². The predicted molar refractivity (Wildman–Crippen MR) is 81.8 cm³/mol. The molecule has 138 valence electrons. The molecule has 1 aromatic carbocycles. The number of aliphatic carboxylic acids is 1. The average Bonchev–Trinajstić information content (AvgIpc) is 2.60. The van der Waals surface area contributed by atoms with Crippen molar-refractivity contribution in [1.29, 1.82) is 0 Å². The molecule has 0 radical (unpaired) electrons. The maximum Gasteiger partial charge on any atom is 0.335 e. The number of benzene rings is 1. The first-order valence-corrected chi connectivity index (χ1v) is 7.27. The van der Waals surface area contributed by atoms with Gasteiger partial charge in [0.2, 0.25) is 6.29 Å². The summed E-state index contributed by atoms with van der Waals surface area (Å²) in [5, 5.41) is 41.3. The lowest BCUT2D eigenvalue weighted by molar-refractivity contribution is -0.271. The van der Waals surface area contributed by atoms with Gasteiger partial charge < -0.3 is 40.0 Å². The summed E-state index contributed by atoms with van der Waals surface area (Å²) in [5.74, 6) is -1.36. The minimum Gasteiger partial charge on any atom is -0.479 e. The van der Waals surface area contributed by atoms with Crippen molar-refractivity contribution < 1.29 is 45.6 Å². The van der Waals surface area contributed by atoms with Gasteiger partial charge in [-0.1, -0.05) is 6.07 Å². The highest BCUT2D eigenvalue weighted by Crippen LogP contribution is 2.30. The first-order valence-electron chi connectivity index (χ1n) is 7.77. The van der Waals surface area contributed by atoms with Crippen LogP contribution in [-0.2, 0) is 25.7 Å². The molecule has 0 amide bonds. The van der Waals surface area contributed by atoms with Crippen LogP contribution in [0.4, 0.5) is 5.69 Å². The Morgan fingerprint density at radius 2 is 2.08 bits per heavy atom. The second-order valence-electron chi connectivity index (χ2n) is 5.31. The highest BCUT2D eigenvalue weighted by Gasteiger charge is 2.48. The van der Waals surface area contributed by atoms with Crippen molar-refractivity contribution in [2.24, 2.45) is 0 Å². The largest absolute Gasteiger partial charge is 0.479 e. The van der Waals surface area contributed by atoms with Crippen molar-refractivity contribution in [3.63, 3.8) is 0 Å². The Bertz CT molecular complexity index is 671.